The van der Waals surface area contributed by atoms with Crippen molar-refractivity contribution in [3.8, 4) is 11.5 Å². The van der Waals surface area contributed by atoms with Gasteiger partial charge in [-0.05, 0) is 54.1 Å². The molecule has 0 N–H and O–H groups in total. The Morgan fingerprint density at radius 2 is 1.74 bits per heavy atom. The van der Waals surface area contributed by atoms with Crippen molar-refractivity contribution in [3.63, 3.8) is 0 Å². The number of hydrogen-bond donors (Lipinski definition) is 0. The lowest BCUT2D eigenvalue weighted by Crippen LogP contribution is -2.39. The number of ketones is 1. The molecule has 0 bridgehead atoms. The summed E-state index contributed by atoms with van der Waals surface area (Å²) in [5.74, 6) is 1.82. The highest BCUT2D eigenvalue weighted by Crippen LogP contribution is 2.44. The Bertz CT molecular complexity index is 1120. The van der Waals surface area contributed by atoms with Crippen LogP contribution in [0, 0.1) is 6.92 Å². The van der Waals surface area contributed by atoms with E-state index in [0.29, 0.717) is 23.8 Å². The Balaban J connectivity index is 1.31. The van der Waals surface area contributed by atoms with Crippen molar-refractivity contribution in [3.05, 3.63) is 63.9 Å². The highest BCUT2D eigenvalue weighted by atomic mass is 16.5. The summed E-state index contributed by atoms with van der Waals surface area (Å²) in [6.45, 7) is 15.5. The van der Waals surface area contributed by atoms with Crippen LogP contribution in [0.15, 0.2) is 36.1 Å². The predicted molar refractivity (Wildman–Crippen MR) is 137 cm³/mol. The van der Waals surface area contributed by atoms with E-state index in [-0.39, 0.29) is 11.2 Å². The van der Waals surface area contributed by atoms with Crippen molar-refractivity contribution < 1.29 is 19.0 Å². The molecule has 6 nitrogen and oxygen atoms in total. The molecule has 3 heterocycles. The van der Waals surface area contributed by atoms with Gasteiger partial charge in [0, 0.05) is 26.2 Å². The van der Waals surface area contributed by atoms with Gasteiger partial charge in [-0.3, -0.25) is 14.6 Å². The number of fused-ring (bicyclic) bond motifs is 3. The first-order valence-corrected chi connectivity index (χ1v) is 12.7. The first kappa shape index (κ1) is 24.0. The minimum absolute atomic E-state index is 0.0513. The quantitative estimate of drug-likeness (QED) is 0.579. The maximum Gasteiger partial charge on any atom is 0.232 e. The first-order chi connectivity index (χ1) is 16.8. The summed E-state index contributed by atoms with van der Waals surface area (Å²) in [5.41, 5.74) is 4.85. The molecule has 0 unspecified atom stereocenters. The molecule has 0 saturated carbocycles. The maximum absolute atomic E-state index is 13.3. The summed E-state index contributed by atoms with van der Waals surface area (Å²) in [6.07, 6.45) is 2.92. The fourth-order valence-electron chi connectivity index (χ4n) is 4.99. The van der Waals surface area contributed by atoms with Crippen molar-refractivity contribution in [2.45, 2.75) is 46.1 Å². The summed E-state index contributed by atoms with van der Waals surface area (Å²) < 4.78 is 17.8. The van der Waals surface area contributed by atoms with Crippen molar-refractivity contribution in [1.82, 2.24) is 9.80 Å². The van der Waals surface area contributed by atoms with Gasteiger partial charge < -0.3 is 14.2 Å². The fourth-order valence-corrected chi connectivity index (χ4v) is 4.99. The number of carbonyl (C=O) groups is 1. The van der Waals surface area contributed by atoms with Crippen LogP contribution >= 0.6 is 0 Å². The molecule has 2 aromatic carbocycles. The van der Waals surface area contributed by atoms with Crippen LogP contribution in [0.4, 0.5) is 0 Å². The van der Waals surface area contributed by atoms with Crippen LogP contribution in [-0.4, -0.2) is 61.7 Å². The zero-order valence-electron chi connectivity index (χ0n) is 21.4. The average molecular weight is 477 g/mol. The lowest BCUT2D eigenvalue weighted by molar-refractivity contribution is 0.0329. The number of allylic oxidation sites excluding steroid dienone is 1. The van der Waals surface area contributed by atoms with Gasteiger partial charge >= 0.3 is 0 Å². The molecule has 3 aliphatic rings. The van der Waals surface area contributed by atoms with Gasteiger partial charge in [0.25, 0.3) is 0 Å². The number of Topliss-reactive ketones (excluding diaryl/α,β-unsaturated/α-hetero) is 1. The number of ether oxygens (including phenoxy) is 3. The molecule has 5 rings (SSSR count). The summed E-state index contributed by atoms with van der Waals surface area (Å²) in [4.78, 5) is 18.0. The molecule has 0 amide bonds. The Labute approximate surface area is 208 Å². The molecule has 186 valence electrons. The second-order valence-electron chi connectivity index (χ2n) is 10.8. The molecule has 35 heavy (non-hydrogen) atoms. The number of nitrogens with zero attached hydrogens (tertiary/aromatic N) is 2. The van der Waals surface area contributed by atoms with E-state index in [2.05, 4.69) is 54.8 Å². The average Bonchev–Trinajstić information content (AvgIpc) is 3.16. The van der Waals surface area contributed by atoms with Crippen LogP contribution in [0.5, 0.6) is 11.5 Å². The highest BCUT2D eigenvalue weighted by Gasteiger charge is 2.35. The normalized spacial score (nSPS) is 19.9. The third kappa shape index (κ3) is 5.15. The lowest BCUT2D eigenvalue weighted by Gasteiger charge is -2.31. The molecule has 0 aliphatic carbocycles. The second-order valence-corrected chi connectivity index (χ2v) is 10.8. The minimum atomic E-state index is -0.0513. The zero-order chi connectivity index (χ0) is 24.6. The molecule has 6 heteroatoms. The van der Waals surface area contributed by atoms with Crippen LogP contribution in [0.1, 0.15) is 59.8 Å². The summed E-state index contributed by atoms with van der Waals surface area (Å²) >= 11 is 0. The largest absolute Gasteiger partial charge is 0.478 e. The highest BCUT2D eigenvalue weighted by molar-refractivity contribution is 6.15. The summed E-state index contributed by atoms with van der Waals surface area (Å²) in [6, 6.07) is 10.3. The fraction of sp³-hybridized carbons (Fsp3) is 0.483. The van der Waals surface area contributed by atoms with E-state index >= 15 is 0 Å². The van der Waals surface area contributed by atoms with Gasteiger partial charge in [0.05, 0.1) is 24.3 Å². The van der Waals surface area contributed by atoms with E-state index in [9.17, 15) is 4.79 Å². The molecule has 0 radical (unpaired) electrons. The van der Waals surface area contributed by atoms with E-state index in [4.69, 9.17) is 14.2 Å². The lowest BCUT2D eigenvalue weighted by atomic mass is 9.86. The second kappa shape index (κ2) is 9.76. The number of carbonyl (C=O) groups excluding carboxylic acids is 1. The number of morpholine rings is 1. The summed E-state index contributed by atoms with van der Waals surface area (Å²) in [7, 11) is 0. The van der Waals surface area contributed by atoms with Crippen molar-refractivity contribution >= 4 is 11.9 Å². The number of hydrogen-bond acceptors (Lipinski definition) is 6. The van der Waals surface area contributed by atoms with Crippen molar-refractivity contribution in [2.24, 2.45) is 0 Å². The maximum atomic E-state index is 13.3. The Morgan fingerprint density at radius 1 is 1.03 bits per heavy atom. The van der Waals surface area contributed by atoms with Gasteiger partial charge in [-0.2, -0.15) is 0 Å². The molecule has 1 saturated heterocycles. The van der Waals surface area contributed by atoms with E-state index in [1.165, 1.54) is 5.56 Å². The molecular weight excluding hydrogens is 440 g/mol. The Hall–Kier alpha value is -2.67. The Kier molecular flexibility index (Phi) is 6.71. The van der Waals surface area contributed by atoms with Gasteiger partial charge in [0.15, 0.2) is 5.76 Å². The molecule has 1 fully saturated rings. The molecule has 2 aromatic rings. The van der Waals surface area contributed by atoms with Crippen LogP contribution < -0.4 is 9.47 Å². The van der Waals surface area contributed by atoms with Crippen molar-refractivity contribution in [2.75, 3.05) is 46.1 Å². The molecule has 0 atom stereocenters. The third-order valence-electron chi connectivity index (χ3n) is 7.11. The van der Waals surface area contributed by atoms with E-state index in [1.54, 1.807) is 0 Å². The first-order valence-electron chi connectivity index (χ1n) is 12.7. The smallest absolute Gasteiger partial charge is 0.232 e. The Morgan fingerprint density at radius 3 is 2.46 bits per heavy atom. The third-order valence-corrected chi connectivity index (χ3v) is 7.11. The zero-order valence-corrected chi connectivity index (χ0v) is 21.4. The van der Waals surface area contributed by atoms with Gasteiger partial charge in [-0.25, -0.2) is 0 Å². The monoisotopic (exact) mass is 476 g/mol. The van der Waals surface area contributed by atoms with Crippen LogP contribution in [-0.2, 0) is 16.7 Å². The van der Waals surface area contributed by atoms with E-state index < -0.39 is 0 Å². The number of benzene rings is 2. The van der Waals surface area contributed by atoms with Gasteiger partial charge in [0.1, 0.15) is 18.2 Å². The van der Waals surface area contributed by atoms with Crippen LogP contribution in [0.2, 0.25) is 0 Å². The van der Waals surface area contributed by atoms with Crippen molar-refractivity contribution in [1.29, 1.82) is 0 Å². The number of rotatable bonds is 5. The molecule has 0 spiro atoms. The molecular formula is C29H36N2O4. The van der Waals surface area contributed by atoms with Gasteiger partial charge in [0.2, 0.25) is 5.78 Å². The minimum Gasteiger partial charge on any atom is -0.478 e. The van der Waals surface area contributed by atoms with Crippen LogP contribution in [0.3, 0.4) is 0 Å². The number of aryl methyl sites for hydroxylation is 1. The summed E-state index contributed by atoms with van der Waals surface area (Å²) in [5, 5.41) is 0. The van der Waals surface area contributed by atoms with Gasteiger partial charge in [-0.15, -0.1) is 0 Å². The SMILES string of the molecule is Cc1cc2c(c3c1C(=O)/C(=C/c1ccc(C(C)(C)C)cc1)O3)CN(CCCN1CCOCC1)CO2. The van der Waals surface area contributed by atoms with Crippen LogP contribution in [0.25, 0.3) is 6.08 Å². The predicted octanol–water partition coefficient (Wildman–Crippen LogP) is 4.78. The molecule has 3 aliphatic heterocycles. The van der Waals surface area contributed by atoms with Gasteiger partial charge in [-0.1, -0.05) is 45.0 Å². The standard InChI is InChI=1S/C29H36N2O4/c1-20-16-24-23(18-31(19-34-24)11-5-10-30-12-14-33-15-13-30)28-26(20)27(32)25(35-28)17-21-6-8-22(9-7-21)29(2,3)4/h6-9,16-17H,5,10-15,18-19H2,1-4H3/b25-17-. The van der Waals surface area contributed by atoms with E-state index in [0.717, 1.165) is 74.8 Å². The van der Waals surface area contributed by atoms with E-state index in [1.807, 2.05) is 19.1 Å². The molecule has 0 aromatic heterocycles. The topological polar surface area (TPSA) is 51.2 Å².